The van der Waals surface area contributed by atoms with E-state index in [2.05, 4.69) is 11.1 Å². The lowest BCUT2D eigenvalue weighted by molar-refractivity contribution is -0.129. The summed E-state index contributed by atoms with van der Waals surface area (Å²) in [6, 6.07) is 5.28. The summed E-state index contributed by atoms with van der Waals surface area (Å²) in [5, 5.41) is 0. The molecule has 1 aromatic carbocycles. The van der Waals surface area contributed by atoms with Gasteiger partial charge >= 0.3 is 10.4 Å². The second-order valence-corrected chi connectivity index (χ2v) is 8.73. The van der Waals surface area contributed by atoms with Gasteiger partial charge in [0.25, 0.3) is 0 Å². The number of hydrogen-bond donors (Lipinski definition) is 1. The van der Waals surface area contributed by atoms with Gasteiger partial charge in [0, 0.05) is 11.8 Å². The van der Waals surface area contributed by atoms with E-state index in [9.17, 15) is 13.2 Å². The summed E-state index contributed by atoms with van der Waals surface area (Å²) >= 11 is 0. The van der Waals surface area contributed by atoms with Gasteiger partial charge < -0.3 is 4.18 Å². The molecule has 24 heavy (non-hydrogen) atoms. The van der Waals surface area contributed by atoms with E-state index in [0.29, 0.717) is 23.5 Å². The fourth-order valence-corrected chi connectivity index (χ4v) is 5.85. The molecule has 0 spiro atoms. The van der Waals surface area contributed by atoms with Gasteiger partial charge in [0.05, 0.1) is 0 Å². The van der Waals surface area contributed by atoms with Gasteiger partial charge in [-0.3, -0.25) is 9.35 Å². The zero-order chi connectivity index (χ0) is 17.1. The van der Waals surface area contributed by atoms with Gasteiger partial charge in [-0.2, -0.15) is 8.42 Å². The van der Waals surface area contributed by atoms with Gasteiger partial charge in [-0.1, -0.05) is 13.0 Å². The van der Waals surface area contributed by atoms with E-state index < -0.39 is 10.4 Å². The summed E-state index contributed by atoms with van der Waals surface area (Å²) < 4.78 is 35.2. The van der Waals surface area contributed by atoms with E-state index in [1.807, 2.05) is 6.07 Å². The first-order valence-electron chi connectivity index (χ1n) is 8.61. The molecule has 3 aliphatic carbocycles. The fourth-order valence-electron chi connectivity index (χ4n) is 5.50. The van der Waals surface area contributed by atoms with E-state index in [4.69, 9.17) is 4.55 Å². The molecule has 0 bridgehead atoms. The minimum absolute atomic E-state index is 0.132. The van der Waals surface area contributed by atoms with Crippen molar-refractivity contribution in [2.24, 2.45) is 17.3 Å². The van der Waals surface area contributed by atoms with Gasteiger partial charge in [0.1, 0.15) is 11.5 Å². The summed E-state index contributed by atoms with van der Waals surface area (Å²) in [4.78, 5) is 12.3. The van der Waals surface area contributed by atoms with Crippen LogP contribution in [0.25, 0.3) is 0 Å². The highest BCUT2D eigenvalue weighted by Crippen LogP contribution is 2.59. The molecule has 0 saturated heterocycles. The molecule has 0 heterocycles. The molecule has 2 fully saturated rings. The molecule has 4 atom stereocenters. The van der Waals surface area contributed by atoms with Crippen LogP contribution in [0.4, 0.5) is 0 Å². The second kappa shape index (κ2) is 5.30. The predicted octanol–water partition coefficient (Wildman–Crippen LogP) is 3.29. The van der Waals surface area contributed by atoms with Crippen LogP contribution in [0.3, 0.4) is 0 Å². The monoisotopic (exact) mass is 350 g/mol. The maximum Gasteiger partial charge on any atom is 0.446 e. The van der Waals surface area contributed by atoms with Crippen molar-refractivity contribution in [3.8, 4) is 5.75 Å². The van der Waals surface area contributed by atoms with Crippen molar-refractivity contribution in [1.29, 1.82) is 0 Å². The summed E-state index contributed by atoms with van der Waals surface area (Å²) in [7, 11) is -4.49. The van der Waals surface area contributed by atoms with Crippen molar-refractivity contribution < 1.29 is 21.9 Å². The number of carbonyl (C=O) groups is 1. The maximum absolute atomic E-state index is 12.3. The normalized spacial score (nSPS) is 35.1. The minimum atomic E-state index is -4.49. The Hall–Kier alpha value is -1.40. The Labute approximate surface area is 142 Å². The molecule has 2 saturated carbocycles. The van der Waals surface area contributed by atoms with E-state index in [-0.39, 0.29) is 11.2 Å². The second-order valence-electron chi connectivity index (χ2n) is 7.71. The highest BCUT2D eigenvalue weighted by Gasteiger charge is 2.54. The van der Waals surface area contributed by atoms with Crippen LogP contribution in [0.1, 0.15) is 56.1 Å². The van der Waals surface area contributed by atoms with Gasteiger partial charge in [-0.05, 0) is 73.1 Å². The van der Waals surface area contributed by atoms with Crippen molar-refractivity contribution in [2.75, 3.05) is 0 Å². The Kier molecular flexibility index (Phi) is 3.55. The molecule has 1 N–H and O–H groups in total. The van der Waals surface area contributed by atoms with Crippen LogP contribution in [-0.2, 0) is 21.6 Å². The first kappa shape index (κ1) is 16.1. The van der Waals surface area contributed by atoms with E-state index in [1.165, 1.54) is 5.56 Å². The van der Waals surface area contributed by atoms with Gasteiger partial charge in [-0.15, -0.1) is 0 Å². The molecule has 0 amide bonds. The predicted molar refractivity (Wildman–Crippen MR) is 88.2 cm³/mol. The molecule has 1 aromatic rings. The fraction of sp³-hybridized carbons (Fsp3) is 0.611. The Morgan fingerprint density at radius 1 is 1.21 bits per heavy atom. The van der Waals surface area contributed by atoms with E-state index in [0.717, 1.165) is 44.1 Å². The molecular weight excluding hydrogens is 328 g/mol. The van der Waals surface area contributed by atoms with Gasteiger partial charge in [-0.25, -0.2) is 0 Å². The van der Waals surface area contributed by atoms with E-state index in [1.54, 1.807) is 12.1 Å². The number of ketones is 1. The lowest BCUT2D eigenvalue weighted by Crippen LogP contribution is -2.42. The number of aryl methyl sites for hydroxylation is 1. The lowest BCUT2D eigenvalue weighted by Gasteiger charge is -2.48. The molecule has 0 aliphatic heterocycles. The van der Waals surface area contributed by atoms with Crippen molar-refractivity contribution >= 4 is 16.2 Å². The molecule has 3 unspecified atom stereocenters. The van der Waals surface area contributed by atoms with Crippen molar-refractivity contribution in [3.05, 3.63) is 29.3 Å². The van der Waals surface area contributed by atoms with Crippen molar-refractivity contribution in [2.45, 2.75) is 51.4 Å². The molecule has 6 heteroatoms. The number of rotatable bonds is 2. The molecule has 0 radical (unpaired) electrons. The topological polar surface area (TPSA) is 80.7 Å². The molecule has 130 valence electrons. The van der Waals surface area contributed by atoms with Gasteiger partial charge in [0.15, 0.2) is 0 Å². The highest BCUT2D eigenvalue weighted by molar-refractivity contribution is 7.81. The Balaban J connectivity index is 1.65. The largest absolute Gasteiger partial charge is 0.446 e. The Morgan fingerprint density at radius 2 is 2.00 bits per heavy atom. The van der Waals surface area contributed by atoms with Crippen LogP contribution < -0.4 is 4.18 Å². The number of benzene rings is 1. The summed E-state index contributed by atoms with van der Waals surface area (Å²) in [5.41, 5.74) is 2.23. The van der Waals surface area contributed by atoms with Crippen LogP contribution in [0, 0.1) is 17.3 Å². The molecule has 3 aliphatic rings. The van der Waals surface area contributed by atoms with Crippen molar-refractivity contribution in [3.63, 3.8) is 0 Å². The molecular formula is C18H22O5S. The van der Waals surface area contributed by atoms with Crippen LogP contribution in [0.15, 0.2) is 18.2 Å². The lowest BCUT2D eigenvalue weighted by atomic mass is 9.55. The third-order valence-electron chi connectivity index (χ3n) is 6.61. The first-order valence-corrected chi connectivity index (χ1v) is 9.97. The average Bonchev–Trinajstić information content (AvgIpc) is 2.81. The first-order chi connectivity index (χ1) is 11.3. The van der Waals surface area contributed by atoms with Crippen LogP contribution >= 0.6 is 0 Å². The van der Waals surface area contributed by atoms with Gasteiger partial charge in [0.2, 0.25) is 0 Å². The van der Waals surface area contributed by atoms with Crippen LogP contribution in [-0.4, -0.2) is 18.8 Å². The third-order valence-corrected chi connectivity index (χ3v) is 7.01. The van der Waals surface area contributed by atoms with E-state index >= 15 is 0 Å². The SMILES string of the molecule is C[C@]12CCC3c4ccc(OS(=O)(=O)O)cc4CCC3C1CCC2=O. The third kappa shape index (κ3) is 2.47. The number of Topliss-reactive ketones (excluding diaryl/α,β-unsaturated/α-hetero) is 1. The number of carbonyl (C=O) groups excluding carboxylic acids is 1. The molecule has 5 nitrogen and oxygen atoms in total. The summed E-state index contributed by atoms with van der Waals surface area (Å²) in [5.74, 6) is 2.05. The standard InChI is InChI=1S/C18H22O5S/c1-18-9-8-14-13-5-3-12(23-24(20,21)22)10-11(13)2-4-15(14)16(18)6-7-17(18)19/h3,5,10,14-16H,2,4,6-9H2,1H3,(H,20,21,22)/t14?,15?,16?,18-/m0/s1. The summed E-state index contributed by atoms with van der Waals surface area (Å²) in [6.07, 6.45) is 5.57. The Bertz CT molecular complexity index is 800. The maximum atomic E-state index is 12.3. The zero-order valence-electron chi connectivity index (χ0n) is 13.7. The molecule has 4 rings (SSSR count). The minimum Gasteiger partial charge on any atom is -0.362 e. The number of fused-ring (bicyclic) bond motifs is 5. The molecule has 0 aromatic heterocycles. The Morgan fingerprint density at radius 3 is 2.75 bits per heavy atom. The smallest absolute Gasteiger partial charge is 0.362 e. The van der Waals surface area contributed by atoms with Crippen LogP contribution in [0.5, 0.6) is 5.75 Å². The van der Waals surface area contributed by atoms with Crippen molar-refractivity contribution in [1.82, 2.24) is 0 Å². The summed E-state index contributed by atoms with van der Waals surface area (Å²) in [6.45, 7) is 2.15. The quantitative estimate of drug-likeness (QED) is 0.828. The zero-order valence-corrected chi connectivity index (χ0v) is 14.5. The average molecular weight is 350 g/mol. The van der Waals surface area contributed by atoms with Crippen LogP contribution in [0.2, 0.25) is 0 Å². The highest BCUT2D eigenvalue weighted by atomic mass is 32.3. The number of hydrogen-bond acceptors (Lipinski definition) is 4.